The van der Waals surface area contributed by atoms with E-state index >= 15 is 0 Å². The van der Waals surface area contributed by atoms with Gasteiger partial charge in [0.25, 0.3) is 5.56 Å². The molecule has 4 aromatic rings. The quantitative estimate of drug-likeness (QED) is 0.368. The summed E-state index contributed by atoms with van der Waals surface area (Å²) in [6.07, 6.45) is 1.65. The van der Waals surface area contributed by atoms with E-state index in [0.717, 1.165) is 5.52 Å². The van der Waals surface area contributed by atoms with Crippen LogP contribution in [0.15, 0.2) is 65.1 Å². The summed E-state index contributed by atoms with van der Waals surface area (Å²) in [6.45, 7) is 4.05. The highest BCUT2D eigenvalue weighted by molar-refractivity contribution is 7.98. The number of halogens is 1. The predicted octanol–water partition coefficient (Wildman–Crippen LogP) is 3.67. The molecule has 4 rings (SSSR count). The van der Waals surface area contributed by atoms with Crippen molar-refractivity contribution in [3.05, 3.63) is 76.9 Å². The second-order valence-electron chi connectivity index (χ2n) is 6.08. The summed E-state index contributed by atoms with van der Waals surface area (Å²) in [7, 11) is 1.55. The molecule has 0 bridgehead atoms. The van der Waals surface area contributed by atoms with E-state index < -0.39 is 0 Å². The second kappa shape index (κ2) is 7.47. The molecule has 0 atom stereocenters. The van der Waals surface area contributed by atoms with Gasteiger partial charge in [-0.2, -0.15) is 0 Å². The highest BCUT2D eigenvalue weighted by atomic mass is 32.2. The van der Waals surface area contributed by atoms with E-state index in [4.69, 9.17) is 4.74 Å². The van der Waals surface area contributed by atoms with Crippen LogP contribution in [0.2, 0.25) is 0 Å². The maximum atomic E-state index is 13.6. The van der Waals surface area contributed by atoms with Crippen molar-refractivity contribution in [3.63, 3.8) is 0 Å². The molecule has 2 aromatic heterocycles. The maximum Gasteiger partial charge on any atom is 0.263 e. The van der Waals surface area contributed by atoms with Gasteiger partial charge in [-0.15, -0.1) is 16.8 Å². The molecule has 2 aromatic carbocycles. The molecule has 0 aliphatic heterocycles. The number of thioether (sulfide) groups is 1. The molecule has 2 heterocycles. The van der Waals surface area contributed by atoms with Crippen molar-refractivity contribution in [1.82, 2.24) is 19.2 Å². The van der Waals surface area contributed by atoms with Gasteiger partial charge in [0.1, 0.15) is 11.6 Å². The first-order chi connectivity index (χ1) is 13.6. The van der Waals surface area contributed by atoms with Crippen molar-refractivity contribution in [1.29, 1.82) is 0 Å². The lowest BCUT2D eigenvalue weighted by atomic mass is 10.2. The second-order valence-corrected chi connectivity index (χ2v) is 7.03. The van der Waals surface area contributed by atoms with Crippen LogP contribution in [0.25, 0.3) is 16.7 Å². The largest absolute Gasteiger partial charge is 0.496 e. The first kappa shape index (κ1) is 18.2. The lowest BCUT2D eigenvalue weighted by molar-refractivity contribution is 0.410. The van der Waals surface area contributed by atoms with Crippen LogP contribution in [0.4, 0.5) is 4.39 Å². The van der Waals surface area contributed by atoms with E-state index in [1.54, 1.807) is 25.3 Å². The first-order valence-electron chi connectivity index (χ1n) is 8.57. The van der Waals surface area contributed by atoms with Crippen molar-refractivity contribution in [2.24, 2.45) is 0 Å². The average molecular weight is 396 g/mol. The summed E-state index contributed by atoms with van der Waals surface area (Å²) in [4.78, 5) is 12.8. The molecule has 0 amide bonds. The number of hydrogen-bond donors (Lipinski definition) is 0. The number of fused-ring (bicyclic) bond motifs is 3. The van der Waals surface area contributed by atoms with E-state index in [1.165, 1.54) is 28.5 Å². The molecular formula is C20H17FN4O2S. The Morgan fingerprint density at radius 3 is 2.86 bits per heavy atom. The van der Waals surface area contributed by atoms with Gasteiger partial charge < -0.3 is 4.74 Å². The van der Waals surface area contributed by atoms with Gasteiger partial charge in [0.05, 0.1) is 18.0 Å². The van der Waals surface area contributed by atoms with Crippen LogP contribution in [-0.2, 0) is 12.3 Å². The zero-order valence-corrected chi connectivity index (χ0v) is 15.9. The average Bonchev–Trinajstić information content (AvgIpc) is 3.13. The highest BCUT2D eigenvalue weighted by Gasteiger charge is 2.17. The lowest BCUT2D eigenvalue weighted by Gasteiger charge is -2.10. The number of hydrogen-bond acceptors (Lipinski definition) is 5. The zero-order chi connectivity index (χ0) is 19.7. The Morgan fingerprint density at radius 1 is 1.25 bits per heavy atom. The third kappa shape index (κ3) is 3.05. The fraction of sp³-hybridized carbons (Fsp3) is 0.150. The van der Waals surface area contributed by atoms with Gasteiger partial charge in [0.15, 0.2) is 5.16 Å². The van der Waals surface area contributed by atoms with E-state index in [-0.39, 0.29) is 11.4 Å². The fourth-order valence-electron chi connectivity index (χ4n) is 3.12. The topological polar surface area (TPSA) is 61.4 Å². The van der Waals surface area contributed by atoms with E-state index in [9.17, 15) is 9.18 Å². The lowest BCUT2D eigenvalue weighted by Crippen LogP contribution is -2.22. The van der Waals surface area contributed by atoms with E-state index in [1.807, 2.05) is 22.6 Å². The molecule has 0 spiro atoms. The van der Waals surface area contributed by atoms with Gasteiger partial charge in [-0.3, -0.25) is 13.8 Å². The summed E-state index contributed by atoms with van der Waals surface area (Å²) in [6, 6.07) is 11.7. The summed E-state index contributed by atoms with van der Waals surface area (Å²) in [5.74, 6) is 1.16. The summed E-state index contributed by atoms with van der Waals surface area (Å²) in [5, 5.41) is 9.67. The minimum atomic E-state index is -0.326. The van der Waals surface area contributed by atoms with Gasteiger partial charge in [-0.1, -0.05) is 30.0 Å². The van der Waals surface area contributed by atoms with Crippen LogP contribution < -0.4 is 10.3 Å². The summed E-state index contributed by atoms with van der Waals surface area (Å²) >= 11 is 1.40. The van der Waals surface area contributed by atoms with Gasteiger partial charge in [-0.05, 0) is 30.3 Å². The highest BCUT2D eigenvalue weighted by Crippen LogP contribution is 2.29. The zero-order valence-electron chi connectivity index (χ0n) is 15.1. The third-order valence-corrected chi connectivity index (χ3v) is 5.37. The van der Waals surface area contributed by atoms with Crippen molar-refractivity contribution >= 4 is 28.4 Å². The Balaban J connectivity index is 1.84. The minimum absolute atomic E-state index is 0.140. The molecule has 0 radical (unpaired) electrons. The van der Waals surface area contributed by atoms with Gasteiger partial charge in [0.2, 0.25) is 5.78 Å². The molecule has 0 saturated heterocycles. The number of nitrogens with zero attached hydrogens (tertiary/aromatic N) is 4. The van der Waals surface area contributed by atoms with Gasteiger partial charge in [0, 0.05) is 17.9 Å². The van der Waals surface area contributed by atoms with Crippen molar-refractivity contribution in [2.75, 3.05) is 7.11 Å². The Kier molecular flexibility index (Phi) is 4.87. The number of para-hydroxylation sites is 1. The number of allylic oxidation sites excluding steroid dienone is 1. The molecule has 0 unspecified atom stereocenters. The number of benzene rings is 2. The molecule has 0 aliphatic carbocycles. The van der Waals surface area contributed by atoms with Crippen LogP contribution >= 0.6 is 11.8 Å². The molecular weight excluding hydrogens is 379 g/mol. The van der Waals surface area contributed by atoms with Crippen LogP contribution in [0.5, 0.6) is 5.75 Å². The molecule has 8 heteroatoms. The monoisotopic (exact) mass is 396 g/mol. The standard InChI is InChI=1S/C20H17FN4O2S/c1-3-10-24-18(26)15-6-4-5-7-16(15)25-19(24)22-23-20(25)28-12-13-11-14(21)8-9-17(13)27-2/h3-9,11H,1,10,12H2,2H3. The van der Waals surface area contributed by atoms with Crippen LogP contribution in [-0.4, -0.2) is 26.3 Å². The molecule has 0 fully saturated rings. The number of methoxy groups -OCH3 is 1. The Bertz CT molecular complexity index is 1250. The van der Waals surface area contributed by atoms with Crippen LogP contribution in [0, 0.1) is 5.82 Å². The number of rotatable bonds is 6. The molecule has 0 saturated carbocycles. The van der Waals surface area contributed by atoms with Crippen molar-refractivity contribution in [2.45, 2.75) is 17.5 Å². The normalized spacial score (nSPS) is 11.2. The molecule has 0 N–H and O–H groups in total. The van der Waals surface area contributed by atoms with Gasteiger partial charge >= 0.3 is 0 Å². The summed E-state index contributed by atoms with van der Waals surface area (Å²) < 4.78 is 22.3. The number of ether oxygens (including phenoxy) is 1. The van der Waals surface area contributed by atoms with Crippen LogP contribution in [0.1, 0.15) is 5.56 Å². The van der Waals surface area contributed by atoms with Crippen LogP contribution in [0.3, 0.4) is 0 Å². The predicted molar refractivity (Wildman–Crippen MR) is 107 cm³/mol. The maximum absolute atomic E-state index is 13.6. The minimum Gasteiger partial charge on any atom is -0.496 e. The molecule has 142 valence electrons. The molecule has 0 aliphatic rings. The Hall–Kier alpha value is -3.13. The summed E-state index contributed by atoms with van der Waals surface area (Å²) in [5.41, 5.74) is 1.30. The fourth-order valence-corrected chi connectivity index (χ4v) is 4.04. The number of aromatic nitrogens is 4. The van der Waals surface area contributed by atoms with E-state index in [0.29, 0.717) is 39.9 Å². The third-order valence-electron chi connectivity index (χ3n) is 4.39. The van der Waals surface area contributed by atoms with Crippen molar-refractivity contribution < 1.29 is 9.13 Å². The van der Waals surface area contributed by atoms with Crippen molar-refractivity contribution in [3.8, 4) is 5.75 Å². The van der Waals surface area contributed by atoms with Gasteiger partial charge in [-0.25, -0.2) is 4.39 Å². The van der Waals surface area contributed by atoms with E-state index in [2.05, 4.69) is 16.8 Å². The smallest absolute Gasteiger partial charge is 0.263 e. The molecule has 28 heavy (non-hydrogen) atoms. The Morgan fingerprint density at radius 2 is 2.07 bits per heavy atom. The Labute approximate surface area is 164 Å². The first-order valence-corrected chi connectivity index (χ1v) is 9.55. The SMILES string of the molecule is C=CCn1c(=O)c2ccccc2n2c(SCc3cc(F)ccc3OC)nnc12. The molecule has 6 nitrogen and oxygen atoms in total.